The maximum atomic E-state index is 12.0. The number of carbonyl (C=O) groups is 1. The second kappa shape index (κ2) is 5.96. The van der Waals surface area contributed by atoms with Gasteiger partial charge in [0.15, 0.2) is 0 Å². The molecule has 2 aromatic rings. The van der Waals surface area contributed by atoms with E-state index in [2.05, 4.69) is 20.8 Å². The van der Waals surface area contributed by atoms with Gasteiger partial charge in [-0.1, -0.05) is 0 Å². The van der Waals surface area contributed by atoms with Crippen LogP contribution < -0.4 is 16.6 Å². The van der Waals surface area contributed by atoms with Gasteiger partial charge in [0, 0.05) is 24.6 Å². The van der Waals surface area contributed by atoms with Crippen molar-refractivity contribution in [2.75, 3.05) is 5.43 Å². The molecule has 7 nitrogen and oxygen atoms in total. The summed E-state index contributed by atoms with van der Waals surface area (Å²) < 4.78 is 1.77. The minimum atomic E-state index is -0.171. The molecule has 1 atom stereocenters. The zero-order valence-corrected chi connectivity index (χ0v) is 10.6. The fraction of sp³-hybridized carbons (Fsp3) is 0.250. The normalized spacial score (nSPS) is 11.9. The van der Waals surface area contributed by atoms with E-state index >= 15 is 0 Å². The van der Waals surface area contributed by atoms with Crippen LogP contribution in [0.15, 0.2) is 36.8 Å². The highest BCUT2D eigenvalue weighted by Gasteiger charge is 2.10. The molecule has 19 heavy (non-hydrogen) atoms. The van der Waals surface area contributed by atoms with E-state index in [0.717, 1.165) is 0 Å². The average molecular weight is 260 g/mol. The Hall–Kier alpha value is -2.41. The first kappa shape index (κ1) is 13.0. The summed E-state index contributed by atoms with van der Waals surface area (Å²) in [6.45, 7) is 2.54. The summed E-state index contributed by atoms with van der Waals surface area (Å²) in [6, 6.07) is 5.13. The van der Waals surface area contributed by atoms with Crippen LogP contribution >= 0.6 is 0 Å². The summed E-state index contributed by atoms with van der Waals surface area (Å²) in [5.41, 5.74) is 2.90. The topological polar surface area (TPSA) is 97.9 Å². The van der Waals surface area contributed by atoms with Gasteiger partial charge in [-0.15, -0.1) is 0 Å². The summed E-state index contributed by atoms with van der Waals surface area (Å²) >= 11 is 0. The number of amides is 1. The number of pyridine rings is 1. The smallest absolute Gasteiger partial charge is 0.253 e. The molecule has 4 N–H and O–H groups in total. The highest BCUT2D eigenvalue weighted by molar-refractivity contribution is 5.94. The first-order valence-corrected chi connectivity index (χ1v) is 5.90. The first-order chi connectivity index (χ1) is 9.19. The predicted molar refractivity (Wildman–Crippen MR) is 71.2 cm³/mol. The molecule has 0 saturated heterocycles. The lowest BCUT2D eigenvalue weighted by atomic mass is 10.2. The van der Waals surface area contributed by atoms with E-state index in [1.165, 1.54) is 6.20 Å². The minimum absolute atomic E-state index is 0.0280. The van der Waals surface area contributed by atoms with E-state index in [1.54, 1.807) is 23.0 Å². The zero-order chi connectivity index (χ0) is 13.7. The third kappa shape index (κ3) is 3.52. The minimum Gasteiger partial charge on any atom is -0.348 e. The molecular formula is C12H16N6O. The van der Waals surface area contributed by atoms with Crippen LogP contribution in [0.2, 0.25) is 0 Å². The number of hydrogen-bond donors (Lipinski definition) is 3. The van der Waals surface area contributed by atoms with Gasteiger partial charge in [-0.3, -0.25) is 9.48 Å². The summed E-state index contributed by atoms with van der Waals surface area (Å²) in [5, 5.41) is 6.97. The van der Waals surface area contributed by atoms with Crippen LogP contribution in [0, 0.1) is 0 Å². The molecule has 0 bridgehead atoms. The van der Waals surface area contributed by atoms with E-state index in [1.807, 2.05) is 19.2 Å². The van der Waals surface area contributed by atoms with E-state index in [9.17, 15) is 4.79 Å². The van der Waals surface area contributed by atoms with Crippen molar-refractivity contribution in [3.05, 3.63) is 42.4 Å². The molecule has 0 aliphatic rings. The highest BCUT2D eigenvalue weighted by Crippen LogP contribution is 2.04. The van der Waals surface area contributed by atoms with Crippen molar-refractivity contribution in [2.45, 2.75) is 19.5 Å². The number of carbonyl (C=O) groups excluding carboxylic acids is 1. The van der Waals surface area contributed by atoms with Crippen molar-refractivity contribution in [3.63, 3.8) is 0 Å². The molecule has 0 fully saturated rings. The lowest BCUT2D eigenvalue weighted by molar-refractivity contribution is 0.0935. The van der Waals surface area contributed by atoms with E-state index in [0.29, 0.717) is 17.9 Å². The van der Waals surface area contributed by atoms with E-state index in [-0.39, 0.29) is 11.9 Å². The van der Waals surface area contributed by atoms with Gasteiger partial charge in [-0.25, -0.2) is 10.8 Å². The van der Waals surface area contributed by atoms with Gasteiger partial charge in [0.05, 0.1) is 12.1 Å². The Labute approximate surface area is 110 Å². The molecule has 0 spiro atoms. The van der Waals surface area contributed by atoms with Crippen LogP contribution in [-0.2, 0) is 6.54 Å². The third-order valence-corrected chi connectivity index (χ3v) is 2.57. The highest BCUT2D eigenvalue weighted by atomic mass is 16.1. The molecular weight excluding hydrogens is 244 g/mol. The van der Waals surface area contributed by atoms with E-state index < -0.39 is 0 Å². The summed E-state index contributed by atoms with van der Waals surface area (Å²) in [4.78, 5) is 15.9. The Morgan fingerprint density at radius 1 is 1.53 bits per heavy atom. The molecule has 7 heteroatoms. The number of nitrogens with one attached hydrogen (secondary N) is 2. The van der Waals surface area contributed by atoms with Gasteiger partial charge in [-0.05, 0) is 25.1 Å². The molecule has 0 saturated carbocycles. The number of rotatable bonds is 5. The SMILES string of the molecule is CC(Cn1cccn1)NC(=O)c1ccc(NN)nc1. The Kier molecular flexibility index (Phi) is 4.09. The maximum Gasteiger partial charge on any atom is 0.253 e. The molecule has 1 amide bonds. The maximum absolute atomic E-state index is 12.0. The molecule has 0 aliphatic heterocycles. The standard InChI is InChI=1S/C12H16N6O/c1-9(8-18-6-2-5-15-18)16-12(19)10-3-4-11(17-13)14-7-10/h2-7,9H,8,13H2,1H3,(H,14,17)(H,16,19). The molecule has 2 rings (SSSR count). The van der Waals surface area contributed by atoms with Crippen molar-refractivity contribution >= 4 is 11.7 Å². The Morgan fingerprint density at radius 3 is 2.95 bits per heavy atom. The van der Waals surface area contributed by atoms with Crippen molar-refractivity contribution in [1.29, 1.82) is 0 Å². The molecule has 1 unspecified atom stereocenters. The van der Waals surface area contributed by atoms with E-state index in [4.69, 9.17) is 5.84 Å². The first-order valence-electron chi connectivity index (χ1n) is 5.90. The molecule has 0 aromatic carbocycles. The number of aromatic nitrogens is 3. The van der Waals surface area contributed by atoms with Gasteiger partial charge in [-0.2, -0.15) is 5.10 Å². The van der Waals surface area contributed by atoms with Crippen molar-refractivity contribution in [1.82, 2.24) is 20.1 Å². The number of nitrogens with zero attached hydrogens (tertiary/aromatic N) is 3. The number of anilines is 1. The van der Waals surface area contributed by atoms with Gasteiger partial charge in [0.25, 0.3) is 5.91 Å². The van der Waals surface area contributed by atoms with Crippen LogP contribution in [-0.4, -0.2) is 26.7 Å². The van der Waals surface area contributed by atoms with Crippen molar-refractivity contribution in [3.8, 4) is 0 Å². The summed E-state index contributed by atoms with van der Waals surface area (Å²) in [7, 11) is 0. The van der Waals surface area contributed by atoms with Crippen LogP contribution in [0.1, 0.15) is 17.3 Å². The number of hydrogen-bond acceptors (Lipinski definition) is 5. The van der Waals surface area contributed by atoms with Gasteiger partial charge >= 0.3 is 0 Å². The zero-order valence-electron chi connectivity index (χ0n) is 10.6. The Morgan fingerprint density at radius 2 is 2.37 bits per heavy atom. The largest absolute Gasteiger partial charge is 0.348 e. The van der Waals surface area contributed by atoms with Crippen LogP contribution in [0.5, 0.6) is 0 Å². The second-order valence-electron chi connectivity index (χ2n) is 4.18. The number of nitrogen functional groups attached to an aromatic ring is 1. The molecule has 2 aromatic heterocycles. The van der Waals surface area contributed by atoms with Gasteiger partial charge in [0.1, 0.15) is 5.82 Å². The molecule has 0 aliphatic carbocycles. The molecule has 0 radical (unpaired) electrons. The molecule has 100 valence electrons. The predicted octanol–water partition coefficient (Wildman–Crippen LogP) is 0.382. The fourth-order valence-corrected chi connectivity index (χ4v) is 1.66. The van der Waals surface area contributed by atoms with Crippen LogP contribution in [0.3, 0.4) is 0 Å². The lowest BCUT2D eigenvalue weighted by Crippen LogP contribution is -2.35. The summed E-state index contributed by atoms with van der Waals surface area (Å²) in [6.07, 6.45) is 5.04. The summed E-state index contributed by atoms with van der Waals surface area (Å²) in [5.74, 6) is 5.55. The average Bonchev–Trinajstić information content (AvgIpc) is 2.91. The Bertz CT molecular complexity index is 522. The van der Waals surface area contributed by atoms with Crippen LogP contribution in [0.4, 0.5) is 5.82 Å². The molecule has 2 heterocycles. The van der Waals surface area contributed by atoms with Crippen molar-refractivity contribution < 1.29 is 4.79 Å². The van der Waals surface area contributed by atoms with Crippen LogP contribution in [0.25, 0.3) is 0 Å². The fourth-order valence-electron chi connectivity index (χ4n) is 1.66. The van der Waals surface area contributed by atoms with Gasteiger partial charge in [0.2, 0.25) is 0 Å². The van der Waals surface area contributed by atoms with Gasteiger partial charge < -0.3 is 10.7 Å². The number of nitrogens with two attached hydrogens (primary N) is 1. The lowest BCUT2D eigenvalue weighted by Gasteiger charge is -2.14. The quantitative estimate of drug-likeness (QED) is 0.533. The monoisotopic (exact) mass is 260 g/mol. The Balaban J connectivity index is 1.92. The third-order valence-electron chi connectivity index (χ3n) is 2.57. The van der Waals surface area contributed by atoms with Crippen molar-refractivity contribution in [2.24, 2.45) is 5.84 Å². The second-order valence-corrected chi connectivity index (χ2v) is 4.18. The number of hydrazine groups is 1.